The van der Waals surface area contributed by atoms with Gasteiger partial charge in [0.15, 0.2) is 0 Å². The average molecular weight is 219 g/mol. The molecule has 0 atom stereocenters. The monoisotopic (exact) mass is 218 g/mol. The minimum atomic E-state index is 0.513. The Bertz CT molecular complexity index is 183. The van der Waals surface area contributed by atoms with Crippen molar-refractivity contribution in [1.29, 1.82) is 0 Å². The van der Waals surface area contributed by atoms with Crippen LogP contribution < -0.4 is 0 Å². The van der Waals surface area contributed by atoms with Gasteiger partial charge in [0.25, 0.3) is 0 Å². The summed E-state index contributed by atoms with van der Waals surface area (Å²) in [6.45, 7) is 0. The van der Waals surface area contributed by atoms with Crippen molar-refractivity contribution in [2.45, 2.75) is 0 Å². The third-order valence-corrected chi connectivity index (χ3v) is 1.34. The third kappa shape index (κ3) is 11.3. The molecule has 0 aliphatic carbocycles. The molecular formula is C10H12Cl2O. The third-order valence-electron chi connectivity index (χ3n) is 0.987. The maximum atomic E-state index is 5.40. The van der Waals surface area contributed by atoms with Crippen molar-refractivity contribution in [2.24, 2.45) is 0 Å². The van der Waals surface area contributed by atoms with Crippen LogP contribution >= 0.6 is 23.2 Å². The Labute approximate surface area is 89.0 Å². The second-order valence-electron chi connectivity index (χ2n) is 1.96. The first kappa shape index (κ1) is 12.3. The summed E-state index contributed by atoms with van der Waals surface area (Å²) in [5, 5.41) is 0. The van der Waals surface area contributed by atoms with Gasteiger partial charge in [0.2, 0.25) is 0 Å². The van der Waals surface area contributed by atoms with Gasteiger partial charge in [-0.15, -0.1) is 23.2 Å². The molecule has 0 N–H and O–H groups in total. The second kappa shape index (κ2) is 11.3. The Hall–Kier alpha value is -0.660. The molecule has 0 aliphatic heterocycles. The van der Waals surface area contributed by atoms with Crippen LogP contribution in [0, 0.1) is 0 Å². The molecule has 0 aromatic heterocycles. The zero-order valence-corrected chi connectivity index (χ0v) is 8.71. The van der Waals surface area contributed by atoms with E-state index in [2.05, 4.69) is 0 Å². The number of hydrogen-bond acceptors (Lipinski definition) is 1. The molecule has 0 aliphatic rings. The molecule has 0 heterocycles. The Morgan fingerprint density at radius 1 is 0.769 bits per heavy atom. The fourth-order valence-electron chi connectivity index (χ4n) is 0.487. The molecule has 0 aromatic carbocycles. The van der Waals surface area contributed by atoms with Crippen LogP contribution in [0.4, 0.5) is 0 Å². The maximum absolute atomic E-state index is 5.40. The second-order valence-corrected chi connectivity index (χ2v) is 2.58. The first-order chi connectivity index (χ1) is 6.41. The van der Waals surface area contributed by atoms with Crippen LogP contribution in [0.1, 0.15) is 0 Å². The molecular weight excluding hydrogens is 207 g/mol. The molecule has 0 spiro atoms. The number of halogens is 2. The highest BCUT2D eigenvalue weighted by atomic mass is 35.5. The minimum absolute atomic E-state index is 0.513. The largest absolute Gasteiger partial charge is 0.473 e. The number of ether oxygens (including phenoxy) is 1. The number of hydrogen-bond donors (Lipinski definition) is 0. The van der Waals surface area contributed by atoms with Crippen LogP contribution in [0.5, 0.6) is 0 Å². The summed E-state index contributed by atoms with van der Waals surface area (Å²) in [7, 11) is 0. The van der Waals surface area contributed by atoms with Crippen LogP contribution in [0.25, 0.3) is 0 Å². The minimum Gasteiger partial charge on any atom is -0.473 e. The Morgan fingerprint density at radius 3 is 1.62 bits per heavy atom. The van der Waals surface area contributed by atoms with Crippen LogP contribution in [-0.2, 0) is 4.74 Å². The van der Waals surface area contributed by atoms with Gasteiger partial charge < -0.3 is 4.74 Å². The lowest BCUT2D eigenvalue weighted by molar-refractivity contribution is 0.403. The summed E-state index contributed by atoms with van der Waals surface area (Å²) in [6, 6.07) is 0. The van der Waals surface area contributed by atoms with Gasteiger partial charge in [-0.3, -0.25) is 0 Å². The predicted octanol–water partition coefficient (Wildman–Crippen LogP) is 3.62. The van der Waals surface area contributed by atoms with Gasteiger partial charge >= 0.3 is 0 Å². The van der Waals surface area contributed by atoms with E-state index in [9.17, 15) is 0 Å². The van der Waals surface area contributed by atoms with Gasteiger partial charge in [0.05, 0.1) is 12.5 Å². The van der Waals surface area contributed by atoms with E-state index in [1.165, 1.54) is 0 Å². The Balaban J connectivity index is 3.43. The lowest BCUT2D eigenvalue weighted by Gasteiger charge is -1.84. The van der Waals surface area contributed by atoms with Crippen LogP contribution in [-0.4, -0.2) is 11.8 Å². The molecule has 0 bridgehead atoms. The van der Waals surface area contributed by atoms with Gasteiger partial charge in [0.1, 0.15) is 0 Å². The SMILES string of the molecule is ClCC=CC=COC=CC=CCCl. The first-order valence-electron chi connectivity index (χ1n) is 3.82. The van der Waals surface area contributed by atoms with Crippen molar-refractivity contribution in [3.63, 3.8) is 0 Å². The highest BCUT2D eigenvalue weighted by Gasteiger charge is 1.67. The highest BCUT2D eigenvalue weighted by Crippen LogP contribution is 1.85. The Morgan fingerprint density at radius 2 is 1.23 bits per heavy atom. The van der Waals surface area contributed by atoms with Crippen molar-refractivity contribution < 1.29 is 4.74 Å². The molecule has 0 aromatic rings. The number of allylic oxidation sites excluding steroid dienone is 6. The standard InChI is InChI=1S/C10H12Cl2O/c11-7-3-1-5-9-13-10-6-2-4-8-12/h1-6,9-10H,7-8H2. The van der Waals surface area contributed by atoms with E-state index < -0.39 is 0 Å². The fourth-order valence-corrected chi connectivity index (χ4v) is 0.693. The van der Waals surface area contributed by atoms with Crippen LogP contribution in [0.2, 0.25) is 0 Å². The van der Waals surface area contributed by atoms with Crippen molar-refractivity contribution in [3.8, 4) is 0 Å². The van der Waals surface area contributed by atoms with E-state index in [1.54, 1.807) is 24.7 Å². The van der Waals surface area contributed by atoms with Crippen LogP contribution in [0.3, 0.4) is 0 Å². The first-order valence-corrected chi connectivity index (χ1v) is 4.89. The Kier molecular flexibility index (Phi) is 10.8. The highest BCUT2D eigenvalue weighted by molar-refractivity contribution is 6.19. The molecule has 0 saturated heterocycles. The molecule has 1 nitrogen and oxygen atoms in total. The van der Waals surface area contributed by atoms with E-state index in [0.29, 0.717) is 11.8 Å². The number of alkyl halides is 2. The molecule has 0 saturated carbocycles. The molecule has 0 unspecified atom stereocenters. The maximum Gasteiger partial charge on any atom is 0.0901 e. The van der Waals surface area contributed by atoms with Gasteiger partial charge in [-0.2, -0.15) is 0 Å². The van der Waals surface area contributed by atoms with Crippen molar-refractivity contribution >= 4 is 23.2 Å². The molecule has 13 heavy (non-hydrogen) atoms. The summed E-state index contributed by atoms with van der Waals surface area (Å²) in [5.74, 6) is 1.03. The molecule has 0 rings (SSSR count). The summed E-state index contributed by atoms with van der Waals surface area (Å²) in [6.07, 6.45) is 13.9. The van der Waals surface area contributed by atoms with E-state index in [4.69, 9.17) is 27.9 Å². The lowest BCUT2D eigenvalue weighted by Crippen LogP contribution is -1.64. The molecule has 0 fully saturated rings. The van der Waals surface area contributed by atoms with Gasteiger partial charge in [-0.1, -0.05) is 24.3 Å². The fraction of sp³-hybridized carbons (Fsp3) is 0.200. The summed E-state index contributed by atoms with van der Waals surface area (Å²) < 4.78 is 4.98. The van der Waals surface area contributed by atoms with Gasteiger partial charge in [0, 0.05) is 11.8 Å². The van der Waals surface area contributed by atoms with Crippen molar-refractivity contribution in [3.05, 3.63) is 49.0 Å². The zero-order valence-electron chi connectivity index (χ0n) is 7.20. The predicted molar refractivity (Wildman–Crippen MR) is 59.1 cm³/mol. The average Bonchev–Trinajstić information content (AvgIpc) is 2.16. The molecule has 0 amide bonds. The molecule has 72 valence electrons. The topological polar surface area (TPSA) is 9.23 Å². The quantitative estimate of drug-likeness (QED) is 0.376. The van der Waals surface area contributed by atoms with Crippen molar-refractivity contribution in [2.75, 3.05) is 11.8 Å². The number of rotatable bonds is 6. The van der Waals surface area contributed by atoms with Gasteiger partial charge in [-0.05, 0) is 12.2 Å². The molecule has 0 radical (unpaired) electrons. The smallest absolute Gasteiger partial charge is 0.0901 e. The van der Waals surface area contributed by atoms with E-state index in [0.717, 1.165) is 0 Å². The van der Waals surface area contributed by atoms with E-state index in [1.807, 2.05) is 24.3 Å². The summed E-state index contributed by atoms with van der Waals surface area (Å²) >= 11 is 10.8. The normalized spacial score (nSPS) is 12.8. The van der Waals surface area contributed by atoms with E-state index in [-0.39, 0.29) is 0 Å². The summed E-state index contributed by atoms with van der Waals surface area (Å²) in [4.78, 5) is 0. The zero-order chi connectivity index (χ0) is 9.78. The molecule has 3 heteroatoms. The van der Waals surface area contributed by atoms with Crippen LogP contribution in [0.15, 0.2) is 49.0 Å². The van der Waals surface area contributed by atoms with Gasteiger partial charge in [-0.25, -0.2) is 0 Å². The van der Waals surface area contributed by atoms with Crippen molar-refractivity contribution in [1.82, 2.24) is 0 Å². The van der Waals surface area contributed by atoms with E-state index >= 15 is 0 Å². The lowest BCUT2D eigenvalue weighted by atomic mass is 10.5. The summed E-state index contributed by atoms with van der Waals surface area (Å²) in [5.41, 5.74) is 0.